The summed E-state index contributed by atoms with van der Waals surface area (Å²) in [7, 11) is 0. The maximum absolute atomic E-state index is 11.0. The molecule has 3 aromatic carbocycles. The average molecular weight is 423 g/mol. The average Bonchev–Trinajstić information content (AvgIpc) is 2.68. The van der Waals surface area contributed by atoms with Gasteiger partial charge in [0.1, 0.15) is 18.5 Å². The normalized spacial score (nSPS) is 13.6. The van der Waals surface area contributed by atoms with E-state index in [1.165, 1.54) is 11.1 Å². The van der Waals surface area contributed by atoms with Crippen molar-refractivity contribution in [1.82, 2.24) is 0 Å². The second kappa shape index (κ2) is 7.87. The third kappa shape index (κ3) is 3.80. The molecular weight excluding hydrogens is 400 g/mol. The molecule has 1 N–H and O–H groups in total. The number of fused-ring (bicyclic) bond motifs is 1. The standard InChI is InChI=1S/C24H23BrO2/c1-2-17-13-23(27-15-16-6-4-3-5-7-16)22(25)14-21(17)24(26)20-11-9-18-8-10-19(18)12-20/h3-7,9,11-14,24,26H,2,8,10,15H2,1H3. The second-order valence-corrected chi connectivity index (χ2v) is 7.89. The molecule has 0 radical (unpaired) electrons. The molecule has 0 amide bonds. The predicted octanol–water partition coefficient (Wildman–Crippen LogP) is 5.77. The van der Waals surface area contributed by atoms with Crippen LogP contribution in [0.4, 0.5) is 0 Å². The Bertz CT molecular complexity index is 950. The fourth-order valence-electron chi connectivity index (χ4n) is 3.58. The van der Waals surface area contributed by atoms with Gasteiger partial charge in [-0.2, -0.15) is 0 Å². The monoisotopic (exact) mass is 422 g/mol. The lowest BCUT2D eigenvalue weighted by molar-refractivity contribution is 0.218. The van der Waals surface area contributed by atoms with E-state index in [1.54, 1.807) is 0 Å². The highest BCUT2D eigenvalue weighted by atomic mass is 79.9. The van der Waals surface area contributed by atoms with Crippen LogP contribution in [0.25, 0.3) is 0 Å². The van der Waals surface area contributed by atoms with Crippen LogP contribution in [0.2, 0.25) is 0 Å². The smallest absolute Gasteiger partial charge is 0.134 e. The summed E-state index contributed by atoms with van der Waals surface area (Å²) in [4.78, 5) is 0. The van der Waals surface area contributed by atoms with E-state index in [0.29, 0.717) is 6.61 Å². The van der Waals surface area contributed by atoms with Crippen LogP contribution in [0.5, 0.6) is 5.75 Å². The van der Waals surface area contributed by atoms with Gasteiger partial charge in [-0.15, -0.1) is 0 Å². The minimum absolute atomic E-state index is 0.523. The highest BCUT2D eigenvalue weighted by Crippen LogP contribution is 2.36. The molecule has 2 nitrogen and oxygen atoms in total. The summed E-state index contributed by atoms with van der Waals surface area (Å²) in [6, 6.07) is 20.5. The topological polar surface area (TPSA) is 29.5 Å². The fourth-order valence-corrected chi connectivity index (χ4v) is 4.06. The summed E-state index contributed by atoms with van der Waals surface area (Å²) >= 11 is 3.63. The molecule has 27 heavy (non-hydrogen) atoms. The SMILES string of the molecule is CCc1cc(OCc2ccccc2)c(Br)cc1C(O)c1ccc2c(c1)CC2. The van der Waals surface area contributed by atoms with Crippen LogP contribution < -0.4 is 4.74 Å². The van der Waals surface area contributed by atoms with Gasteiger partial charge < -0.3 is 9.84 Å². The quantitative estimate of drug-likeness (QED) is 0.546. The maximum Gasteiger partial charge on any atom is 0.134 e. The van der Waals surface area contributed by atoms with Crippen molar-refractivity contribution in [3.63, 3.8) is 0 Å². The highest BCUT2D eigenvalue weighted by Gasteiger charge is 2.20. The first-order valence-corrected chi connectivity index (χ1v) is 10.2. The third-order valence-electron chi connectivity index (χ3n) is 5.32. The van der Waals surface area contributed by atoms with Gasteiger partial charge in [0, 0.05) is 0 Å². The van der Waals surface area contributed by atoms with Crippen LogP contribution in [-0.4, -0.2) is 5.11 Å². The van der Waals surface area contributed by atoms with Crippen molar-refractivity contribution < 1.29 is 9.84 Å². The first-order chi connectivity index (χ1) is 13.2. The number of benzene rings is 3. The Morgan fingerprint density at radius 2 is 1.78 bits per heavy atom. The Balaban J connectivity index is 1.59. The van der Waals surface area contributed by atoms with E-state index in [-0.39, 0.29) is 0 Å². The zero-order valence-electron chi connectivity index (χ0n) is 15.4. The van der Waals surface area contributed by atoms with E-state index in [2.05, 4.69) is 53.2 Å². The van der Waals surface area contributed by atoms with Gasteiger partial charge in [-0.1, -0.05) is 55.5 Å². The van der Waals surface area contributed by atoms with E-state index in [1.807, 2.05) is 30.3 Å². The number of rotatable bonds is 6. The Morgan fingerprint density at radius 1 is 1.00 bits per heavy atom. The van der Waals surface area contributed by atoms with Crippen molar-refractivity contribution in [3.05, 3.63) is 98.5 Å². The van der Waals surface area contributed by atoms with E-state index in [0.717, 1.165) is 51.7 Å². The summed E-state index contributed by atoms with van der Waals surface area (Å²) in [5.41, 5.74) is 6.92. The fraction of sp³-hybridized carbons (Fsp3) is 0.250. The predicted molar refractivity (Wildman–Crippen MR) is 112 cm³/mol. The maximum atomic E-state index is 11.0. The van der Waals surface area contributed by atoms with Gasteiger partial charge >= 0.3 is 0 Å². The molecule has 3 heteroatoms. The van der Waals surface area contributed by atoms with E-state index >= 15 is 0 Å². The molecule has 4 rings (SSSR count). The van der Waals surface area contributed by atoms with E-state index in [9.17, 15) is 5.11 Å². The van der Waals surface area contributed by atoms with Gasteiger partial charge in [-0.25, -0.2) is 0 Å². The van der Waals surface area contributed by atoms with Gasteiger partial charge in [0.05, 0.1) is 4.47 Å². The zero-order valence-corrected chi connectivity index (χ0v) is 17.0. The number of aliphatic hydroxyl groups excluding tert-OH is 1. The number of aliphatic hydroxyl groups is 1. The lowest BCUT2D eigenvalue weighted by Gasteiger charge is -2.23. The van der Waals surface area contributed by atoms with Crippen LogP contribution in [0.15, 0.2) is 65.1 Å². The first-order valence-electron chi connectivity index (χ1n) is 9.44. The molecule has 0 saturated heterocycles. The molecule has 3 aromatic rings. The minimum Gasteiger partial charge on any atom is -0.488 e. The molecule has 138 valence electrons. The molecule has 0 aliphatic heterocycles. The van der Waals surface area contributed by atoms with Gasteiger partial charge in [0.2, 0.25) is 0 Å². The summed E-state index contributed by atoms with van der Waals surface area (Å²) in [6.07, 6.45) is 2.49. The molecule has 0 saturated carbocycles. The molecular formula is C24H23BrO2. The summed E-state index contributed by atoms with van der Waals surface area (Å²) < 4.78 is 6.89. The van der Waals surface area contributed by atoms with Gasteiger partial charge in [-0.05, 0) is 80.7 Å². The van der Waals surface area contributed by atoms with Crippen LogP contribution in [-0.2, 0) is 25.9 Å². The van der Waals surface area contributed by atoms with E-state index < -0.39 is 6.10 Å². The number of ether oxygens (including phenoxy) is 1. The molecule has 1 aliphatic carbocycles. The van der Waals surface area contributed by atoms with Crippen molar-refractivity contribution in [3.8, 4) is 5.75 Å². The van der Waals surface area contributed by atoms with Crippen LogP contribution >= 0.6 is 15.9 Å². The van der Waals surface area contributed by atoms with Crippen LogP contribution in [0.1, 0.15) is 46.4 Å². The lowest BCUT2D eigenvalue weighted by Crippen LogP contribution is -2.11. The van der Waals surface area contributed by atoms with Crippen LogP contribution in [0.3, 0.4) is 0 Å². The third-order valence-corrected chi connectivity index (χ3v) is 5.94. The zero-order chi connectivity index (χ0) is 18.8. The van der Waals surface area contributed by atoms with Crippen molar-refractivity contribution in [2.24, 2.45) is 0 Å². The van der Waals surface area contributed by atoms with Crippen molar-refractivity contribution in [2.75, 3.05) is 0 Å². The number of hydrogen-bond acceptors (Lipinski definition) is 2. The Kier molecular flexibility index (Phi) is 5.33. The molecule has 1 aliphatic rings. The summed E-state index contributed by atoms with van der Waals surface area (Å²) in [5.74, 6) is 0.809. The lowest BCUT2D eigenvalue weighted by atomic mass is 9.85. The molecule has 0 bridgehead atoms. The Morgan fingerprint density at radius 3 is 2.44 bits per heavy atom. The molecule has 0 heterocycles. The summed E-state index contributed by atoms with van der Waals surface area (Å²) in [6.45, 7) is 2.63. The Hall–Kier alpha value is -2.10. The van der Waals surface area contributed by atoms with Crippen molar-refractivity contribution in [2.45, 2.75) is 38.9 Å². The molecule has 0 aromatic heterocycles. The largest absolute Gasteiger partial charge is 0.488 e. The van der Waals surface area contributed by atoms with Gasteiger partial charge in [0.25, 0.3) is 0 Å². The molecule has 0 fully saturated rings. The van der Waals surface area contributed by atoms with Gasteiger partial charge in [0.15, 0.2) is 0 Å². The Labute approximate surface area is 169 Å². The van der Waals surface area contributed by atoms with E-state index in [4.69, 9.17) is 4.74 Å². The first kappa shape index (κ1) is 18.3. The second-order valence-electron chi connectivity index (χ2n) is 7.04. The molecule has 1 atom stereocenters. The van der Waals surface area contributed by atoms with Crippen molar-refractivity contribution >= 4 is 15.9 Å². The number of halogens is 1. The molecule has 1 unspecified atom stereocenters. The molecule has 0 spiro atoms. The number of hydrogen-bond donors (Lipinski definition) is 1. The summed E-state index contributed by atoms with van der Waals surface area (Å²) in [5, 5.41) is 11.0. The number of aryl methyl sites for hydroxylation is 3. The highest BCUT2D eigenvalue weighted by molar-refractivity contribution is 9.10. The van der Waals surface area contributed by atoms with Gasteiger partial charge in [-0.3, -0.25) is 0 Å². The van der Waals surface area contributed by atoms with Crippen molar-refractivity contribution in [1.29, 1.82) is 0 Å². The minimum atomic E-state index is -0.620. The van der Waals surface area contributed by atoms with Crippen LogP contribution in [0, 0.1) is 0 Å².